The molecule has 0 saturated heterocycles. The van der Waals surface area contributed by atoms with E-state index in [1.807, 2.05) is 14.0 Å². The molecule has 0 saturated carbocycles. The van der Waals surface area contributed by atoms with Crippen LogP contribution in [0.3, 0.4) is 0 Å². The van der Waals surface area contributed by atoms with Gasteiger partial charge >= 0.3 is 0 Å². The molecule has 0 aliphatic carbocycles. The molecule has 0 aromatic carbocycles. The zero-order valence-corrected chi connectivity index (χ0v) is 11.5. The predicted octanol–water partition coefficient (Wildman–Crippen LogP) is 0.902. The van der Waals surface area contributed by atoms with Gasteiger partial charge in [0, 0.05) is 19.1 Å². The first-order chi connectivity index (χ1) is 6.62. The summed E-state index contributed by atoms with van der Waals surface area (Å²) in [6.45, 7) is 9.21. The van der Waals surface area contributed by atoms with Gasteiger partial charge in [0.2, 0.25) is 10.0 Å². The van der Waals surface area contributed by atoms with Crippen molar-refractivity contribution in [3.05, 3.63) is 0 Å². The Morgan fingerprint density at radius 1 is 1.33 bits per heavy atom. The molecule has 1 atom stereocenters. The van der Waals surface area contributed by atoms with Gasteiger partial charge in [-0.3, -0.25) is 0 Å². The summed E-state index contributed by atoms with van der Waals surface area (Å²) >= 11 is 0. The highest BCUT2D eigenvalue weighted by Gasteiger charge is 2.27. The predicted molar refractivity (Wildman–Crippen MR) is 64.4 cm³/mol. The standard InChI is InChI=1S/C10H24N2O2S/c1-7-12(15(6,13)14)8-9(11-5)10(2,3)4/h9,11H,7-8H2,1-6H3/t9-/m1/s1. The summed E-state index contributed by atoms with van der Waals surface area (Å²) in [5, 5.41) is 3.17. The average Bonchev–Trinajstić information content (AvgIpc) is 2.01. The van der Waals surface area contributed by atoms with Gasteiger partial charge in [-0.15, -0.1) is 0 Å². The molecule has 5 heteroatoms. The Morgan fingerprint density at radius 3 is 2.00 bits per heavy atom. The Morgan fingerprint density at radius 2 is 1.80 bits per heavy atom. The largest absolute Gasteiger partial charge is 0.315 e. The third-order valence-electron chi connectivity index (χ3n) is 2.60. The second-order valence-electron chi connectivity index (χ2n) is 4.92. The van der Waals surface area contributed by atoms with Crippen LogP contribution < -0.4 is 5.32 Å². The molecule has 0 amide bonds. The van der Waals surface area contributed by atoms with Gasteiger partial charge < -0.3 is 5.32 Å². The van der Waals surface area contributed by atoms with Crippen LogP contribution in [0.1, 0.15) is 27.7 Å². The minimum Gasteiger partial charge on any atom is -0.315 e. The minimum absolute atomic E-state index is 0.0485. The second-order valence-corrected chi connectivity index (χ2v) is 6.90. The summed E-state index contributed by atoms with van der Waals surface area (Å²) in [4.78, 5) is 0. The topological polar surface area (TPSA) is 49.4 Å². The molecule has 0 heterocycles. The Hall–Kier alpha value is -0.130. The fourth-order valence-corrected chi connectivity index (χ4v) is 2.39. The highest BCUT2D eigenvalue weighted by molar-refractivity contribution is 7.88. The molecule has 1 N–H and O–H groups in total. The summed E-state index contributed by atoms with van der Waals surface area (Å²) in [7, 11) is -1.22. The zero-order valence-electron chi connectivity index (χ0n) is 10.7. The summed E-state index contributed by atoms with van der Waals surface area (Å²) in [5.41, 5.74) is 0.0485. The summed E-state index contributed by atoms with van der Waals surface area (Å²) < 4.78 is 24.4. The first-order valence-corrected chi connectivity index (χ1v) is 7.10. The summed E-state index contributed by atoms with van der Waals surface area (Å²) in [6, 6.07) is 0.159. The van der Waals surface area contributed by atoms with Crippen molar-refractivity contribution in [3.8, 4) is 0 Å². The van der Waals surface area contributed by atoms with Gasteiger partial charge in [0.05, 0.1) is 6.26 Å². The lowest BCUT2D eigenvalue weighted by Crippen LogP contribution is -2.48. The van der Waals surface area contributed by atoms with Crippen molar-refractivity contribution >= 4 is 10.0 Å². The lowest BCUT2D eigenvalue weighted by molar-refractivity contribution is 0.237. The number of nitrogens with zero attached hydrogens (tertiary/aromatic N) is 1. The number of hydrogen-bond donors (Lipinski definition) is 1. The smallest absolute Gasteiger partial charge is 0.211 e. The lowest BCUT2D eigenvalue weighted by atomic mass is 9.87. The Kier molecular flexibility index (Phi) is 5.23. The lowest BCUT2D eigenvalue weighted by Gasteiger charge is -2.33. The third kappa shape index (κ3) is 4.95. The number of sulfonamides is 1. The first kappa shape index (κ1) is 14.9. The second kappa shape index (κ2) is 5.27. The van der Waals surface area contributed by atoms with E-state index in [1.165, 1.54) is 10.6 Å². The van der Waals surface area contributed by atoms with Crippen molar-refractivity contribution < 1.29 is 8.42 Å². The Labute approximate surface area is 94.1 Å². The molecule has 0 bridgehead atoms. The average molecular weight is 236 g/mol. The maximum absolute atomic E-state index is 11.4. The third-order valence-corrected chi connectivity index (χ3v) is 3.95. The van der Waals surface area contributed by atoms with Crippen LogP contribution in [-0.4, -0.2) is 45.2 Å². The highest BCUT2D eigenvalue weighted by Crippen LogP contribution is 2.20. The van der Waals surface area contributed by atoms with E-state index in [9.17, 15) is 8.42 Å². The first-order valence-electron chi connectivity index (χ1n) is 5.25. The molecule has 0 aromatic heterocycles. The quantitative estimate of drug-likeness (QED) is 0.771. The molecule has 0 radical (unpaired) electrons. The molecule has 4 nitrogen and oxygen atoms in total. The van der Waals surface area contributed by atoms with Crippen LogP contribution in [0.5, 0.6) is 0 Å². The van der Waals surface area contributed by atoms with Gasteiger partial charge in [0.1, 0.15) is 0 Å². The summed E-state index contributed by atoms with van der Waals surface area (Å²) in [5.74, 6) is 0. The maximum Gasteiger partial charge on any atom is 0.211 e. The van der Waals surface area contributed by atoms with Gasteiger partial charge in [0.25, 0.3) is 0 Å². The maximum atomic E-state index is 11.4. The van der Waals surface area contributed by atoms with E-state index in [-0.39, 0.29) is 11.5 Å². The van der Waals surface area contributed by atoms with Crippen LogP contribution in [0.25, 0.3) is 0 Å². The molecular formula is C10H24N2O2S. The van der Waals surface area contributed by atoms with Gasteiger partial charge in [-0.2, -0.15) is 0 Å². The van der Waals surface area contributed by atoms with Gasteiger partial charge in [-0.05, 0) is 12.5 Å². The van der Waals surface area contributed by atoms with Gasteiger partial charge in [-0.1, -0.05) is 27.7 Å². The number of hydrogen-bond acceptors (Lipinski definition) is 3. The number of rotatable bonds is 5. The van der Waals surface area contributed by atoms with Crippen molar-refractivity contribution in [1.29, 1.82) is 0 Å². The van der Waals surface area contributed by atoms with E-state index in [0.29, 0.717) is 13.1 Å². The Bertz CT molecular complexity index is 280. The van der Waals surface area contributed by atoms with E-state index < -0.39 is 10.0 Å². The van der Waals surface area contributed by atoms with E-state index in [4.69, 9.17) is 0 Å². The molecule has 15 heavy (non-hydrogen) atoms. The fourth-order valence-electron chi connectivity index (χ4n) is 1.50. The molecule has 0 fully saturated rings. The molecule has 0 rings (SSSR count). The van der Waals surface area contributed by atoms with Crippen LogP contribution in [0, 0.1) is 5.41 Å². The molecule has 0 unspecified atom stereocenters. The van der Waals surface area contributed by atoms with Gasteiger partial charge in [0.15, 0.2) is 0 Å². The van der Waals surface area contributed by atoms with E-state index in [0.717, 1.165) is 0 Å². The fraction of sp³-hybridized carbons (Fsp3) is 1.00. The number of likely N-dealkylation sites (N-methyl/N-ethyl adjacent to an activating group) is 2. The van der Waals surface area contributed by atoms with Crippen LogP contribution >= 0.6 is 0 Å². The van der Waals surface area contributed by atoms with Crippen LogP contribution in [0.15, 0.2) is 0 Å². The monoisotopic (exact) mass is 236 g/mol. The minimum atomic E-state index is -3.09. The van der Waals surface area contributed by atoms with E-state index >= 15 is 0 Å². The molecule has 92 valence electrons. The zero-order chi connectivity index (χ0) is 12.3. The van der Waals surface area contributed by atoms with Crippen LogP contribution in [-0.2, 0) is 10.0 Å². The summed E-state index contributed by atoms with van der Waals surface area (Å²) in [6.07, 6.45) is 1.26. The van der Waals surface area contributed by atoms with Crippen LogP contribution in [0.4, 0.5) is 0 Å². The highest BCUT2D eigenvalue weighted by atomic mass is 32.2. The molecule has 0 spiro atoms. The Balaban J connectivity index is 4.67. The van der Waals surface area contributed by atoms with Crippen molar-refractivity contribution in [2.45, 2.75) is 33.7 Å². The molecular weight excluding hydrogens is 212 g/mol. The van der Waals surface area contributed by atoms with Crippen LogP contribution in [0.2, 0.25) is 0 Å². The van der Waals surface area contributed by atoms with E-state index in [2.05, 4.69) is 26.1 Å². The van der Waals surface area contributed by atoms with E-state index in [1.54, 1.807) is 0 Å². The SMILES string of the molecule is CCN(C[C@@H](NC)C(C)(C)C)S(C)(=O)=O. The molecule has 0 aliphatic heterocycles. The normalized spacial score (nSPS) is 15.7. The van der Waals surface area contributed by atoms with Crippen molar-refractivity contribution in [2.75, 3.05) is 26.4 Å². The number of nitrogens with one attached hydrogen (secondary N) is 1. The van der Waals surface area contributed by atoms with Crippen molar-refractivity contribution in [2.24, 2.45) is 5.41 Å². The van der Waals surface area contributed by atoms with Crippen molar-refractivity contribution in [3.63, 3.8) is 0 Å². The van der Waals surface area contributed by atoms with Gasteiger partial charge in [-0.25, -0.2) is 12.7 Å². The molecule has 0 aliphatic rings. The van der Waals surface area contributed by atoms with Crippen molar-refractivity contribution in [1.82, 2.24) is 9.62 Å². The molecule has 0 aromatic rings.